The Labute approximate surface area is 255 Å². The Morgan fingerprint density at radius 3 is 1.59 bits per heavy atom. The molecule has 0 radical (unpaired) electrons. The number of rotatable bonds is 6. The van der Waals surface area contributed by atoms with Gasteiger partial charge >= 0.3 is 22.8 Å². The van der Waals surface area contributed by atoms with E-state index < -0.39 is 87.5 Å². The highest BCUT2D eigenvalue weighted by Gasteiger charge is 2.64. The van der Waals surface area contributed by atoms with Gasteiger partial charge in [0.1, 0.15) is 0 Å². The van der Waals surface area contributed by atoms with Crippen molar-refractivity contribution in [3.8, 4) is 0 Å². The molecule has 0 N–H and O–H groups in total. The number of sulfone groups is 2. The van der Waals surface area contributed by atoms with Gasteiger partial charge in [0.2, 0.25) is 15.8 Å². The van der Waals surface area contributed by atoms with Gasteiger partial charge in [-0.3, -0.25) is 0 Å². The maximum absolute atomic E-state index is 14.7. The van der Waals surface area contributed by atoms with Crippen molar-refractivity contribution in [1.29, 1.82) is 0 Å². The number of halogens is 8. The Kier molecular flexibility index (Phi) is 9.25. The number of oxime groups is 2. The van der Waals surface area contributed by atoms with Crippen LogP contribution >= 0.6 is 0 Å². The molecule has 2 aliphatic rings. The fourth-order valence-corrected chi connectivity index (χ4v) is 6.70. The van der Waals surface area contributed by atoms with Crippen molar-refractivity contribution in [2.45, 2.75) is 82.2 Å². The van der Waals surface area contributed by atoms with Crippen molar-refractivity contribution >= 4 is 29.8 Å². The van der Waals surface area contributed by atoms with Gasteiger partial charge in [-0.25, -0.2) is 30.5 Å². The Hall–Kier alpha value is -3.64. The van der Waals surface area contributed by atoms with Crippen molar-refractivity contribution in [3.63, 3.8) is 0 Å². The van der Waals surface area contributed by atoms with E-state index in [1.807, 2.05) is 0 Å². The summed E-state index contributed by atoms with van der Waals surface area (Å²) in [5, 5.41) is 4.01. The van der Waals surface area contributed by atoms with Gasteiger partial charge in [-0.2, -0.15) is 41.3 Å². The molecule has 260 valence electrons. The van der Waals surface area contributed by atoms with Gasteiger partial charge in [-0.1, -0.05) is 10.3 Å². The molecule has 0 fully saturated rings. The predicted molar refractivity (Wildman–Crippen MR) is 137 cm³/mol. The fourth-order valence-electron chi connectivity index (χ4n) is 3.87. The molecule has 2 aromatic rings. The zero-order valence-corrected chi connectivity index (χ0v) is 26.6. The molecule has 0 saturated heterocycles. The van der Waals surface area contributed by atoms with Crippen LogP contribution in [0.25, 0.3) is 0 Å². The van der Waals surface area contributed by atoms with Crippen LogP contribution in [0.1, 0.15) is 50.5 Å². The first-order valence-corrected chi connectivity index (χ1v) is 15.5. The van der Waals surface area contributed by atoms with Crippen LogP contribution in [0, 0.1) is 13.8 Å². The molecule has 46 heavy (non-hydrogen) atoms. The summed E-state index contributed by atoms with van der Waals surface area (Å²) in [4.78, 5) is 14.1. The third kappa shape index (κ3) is 5.97. The van der Waals surface area contributed by atoms with Gasteiger partial charge < -0.3 is 9.68 Å². The molecular weight excluding hydrogens is 692 g/mol. The molecule has 0 spiro atoms. The quantitative estimate of drug-likeness (QED) is 0.316. The Morgan fingerprint density at radius 1 is 0.804 bits per heavy atom. The van der Waals surface area contributed by atoms with E-state index >= 15 is 0 Å². The minimum atomic E-state index is -5.76. The third-order valence-electron chi connectivity index (χ3n) is 6.33. The highest BCUT2D eigenvalue weighted by Crippen LogP contribution is 2.41. The summed E-state index contributed by atoms with van der Waals surface area (Å²) in [7, 11) is -8.95. The molecule has 2 aromatic heterocycles. The average Bonchev–Trinajstić information content (AvgIpc) is 3.57. The number of hydrogen-bond acceptors (Lipinski definition) is 12. The van der Waals surface area contributed by atoms with Crippen molar-refractivity contribution < 1.29 is 71.3 Å². The summed E-state index contributed by atoms with van der Waals surface area (Å²) in [5.74, 6) is 0. The lowest BCUT2D eigenvalue weighted by molar-refractivity contribution is -0.973. The Morgan fingerprint density at radius 2 is 1.24 bits per heavy atom. The molecule has 4 heterocycles. The molecule has 2 unspecified atom stereocenters. The summed E-state index contributed by atoms with van der Waals surface area (Å²) in [5.41, 5.74) is -6.88. The van der Waals surface area contributed by atoms with Gasteiger partial charge in [0.05, 0.1) is 12.7 Å². The van der Waals surface area contributed by atoms with E-state index in [0.29, 0.717) is 4.80 Å². The van der Waals surface area contributed by atoms with Crippen LogP contribution in [-0.4, -0.2) is 82.0 Å². The average molecular weight is 720 g/mol. The normalized spacial score (nSPS) is 21.2. The van der Waals surface area contributed by atoms with E-state index in [1.54, 1.807) is 0 Å². The van der Waals surface area contributed by atoms with Crippen molar-refractivity contribution in [3.05, 3.63) is 22.8 Å². The van der Waals surface area contributed by atoms with E-state index in [-0.39, 0.29) is 10.5 Å². The molecule has 15 nitrogen and oxygen atoms in total. The smallest absolute Gasteiger partial charge is 0.385 e. The summed E-state index contributed by atoms with van der Waals surface area (Å²) in [6.07, 6.45) is -4.78. The Balaban J connectivity index is 0.000000254. The minimum Gasteiger partial charge on any atom is -0.385 e. The highest BCUT2D eigenvalue weighted by atomic mass is 32.2. The summed E-state index contributed by atoms with van der Waals surface area (Å²) in [6.45, 7) is 3.21. The monoisotopic (exact) mass is 719 g/mol. The summed E-state index contributed by atoms with van der Waals surface area (Å²) in [6, 6.07) is 0. The second-order valence-corrected chi connectivity index (χ2v) is 14.7. The maximum Gasteiger partial charge on any atom is 0.429 e. The van der Waals surface area contributed by atoms with Crippen LogP contribution < -0.4 is 9.68 Å². The van der Waals surface area contributed by atoms with E-state index in [9.17, 15) is 52.0 Å². The molecule has 0 bridgehead atoms. The van der Waals surface area contributed by atoms with Crippen molar-refractivity contribution in [1.82, 2.24) is 24.9 Å². The van der Waals surface area contributed by atoms with Crippen LogP contribution in [0.2, 0.25) is 0 Å². The molecule has 0 amide bonds. The summed E-state index contributed by atoms with van der Waals surface area (Å²) < 4.78 is 160. The van der Waals surface area contributed by atoms with Crippen LogP contribution in [0.15, 0.2) is 10.3 Å². The Bertz CT molecular complexity index is 1790. The number of aryl methyl sites for hydroxylation is 4. The van der Waals surface area contributed by atoms with Crippen molar-refractivity contribution in [2.75, 3.05) is 0 Å². The topological polar surface area (TPSA) is 173 Å². The zero-order chi connectivity index (χ0) is 35.6. The van der Waals surface area contributed by atoms with Crippen molar-refractivity contribution in [2.24, 2.45) is 24.4 Å². The molecule has 2 aliphatic heterocycles. The number of alkyl halides is 8. The first-order valence-electron chi connectivity index (χ1n) is 12.5. The number of nitrogens with zero attached hydrogens (tertiary/aromatic N) is 8. The first kappa shape index (κ1) is 36.8. The van der Waals surface area contributed by atoms with Gasteiger partial charge in [-0.05, 0) is 39.4 Å². The molecule has 0 aromatic carbocycles. The second-order valence-electron chi connectivity index (χ2n) is 10.8. The minimum absolute atomic E-state index is 0.174. The van der Waals surface area contributed by atoms with Gasteiger partial charge in [0, 0.05) is 23.9 Å². The van der Waals surface area contributed by atoms with Crippen LogP contribution in [-0.2, 0) is 54.0 Å². The van der Waals surface area contributed by atoms with E-state index in [4.69, 9.17) is 0 Å². The van der Waals surface area contributed by atoms with Crippen LogP contribution in [0.3, 0.4) is 0 Å². The van der Waals surface area contributed by atoms with Gasteiger partial charge in [0.15, 0.2) is 29.2 Å². The summed E-state index contributed by atoms with van der Waals surface area (Å²) >= 11 is 0. The molecule has 25 heteroatoms. The third-order valence-corrected chi connectivity index (χ3v) is 9.73. The molecule has 2 atom stereocenters. The van der Waals surface area contributed by atoms with Crippen LogP contribution in [0.5, 0.6) is 0 Å². The molecular formula is C21H27F8N8O7S2+. The van der Waals surface area contributed by atoms with E-state index in [1.165, 1.54) is 27.8 Å². The first-order chi connectivity index (χ1) is 20.6. The largest absolute Gasteiger partial charge is 0.429 e. The second kappa shape index (κ2) is 11.6. The van der Waals surface area contributed by atoms with Crippen LogP contribution in [0.4, 0.5) is 35.1 Å². The lowest BCUT2D eigenvalue weighted by Gasteiger charge is -2.19. The maximum atomic E-state index is 14.7. The van der Waals surface area contributed by atoms with Gasteiger partial charge in [-0.15, -0.1) is 0 Å². The number of aromatic nitrogens is 6. The highest BCUT2D eigenvalue weighted by molar-refractivity contribution is 8.07. The standard InChI is InChI=1S/C11H14F5N4O4S.C10H13F3N4O3S/c1-5-7(20(19(4)17-5)23-9(13)14)11(15,16)25(21,22)8-6(12)10(2,3)24-18-8;1-5-7(15-17(4)14-5)10(12,13)21(18,19)8-6(11)9(2,3)20-16-8/h6,9H,1-4H3;6H,1-4H3/q+1;. The lowest BCUT2D eigenvalue weighted by atomic mass is 10.1. The number of hydrogen-bond donors (Lipinski definition) is 0. The SMILES string of the molecule is Cc1nn(C)[n+](OC(F)F)c1C(F)(F)S(=O)(=O)C1=NOC(C)(C)C1F.Cc1nn(C)nc1C(F)(F)S(=O)(=O)C1=NOC(C)(C)C1F. The van der Waals surface area contributed by atoms with Gasteiger partial charge in [0.25, 0.3) is 19.7 Å². The molecule has 0 saturated carbocycles. The zero-order valence-electron chi connectivity index (χ0n) is 25.0. The fraction of sp³-hybridized carbons (Fsp3) is 0.714. The van der Waals surface area contributed by atoms with E-state index in [2.05, 4.69) is 40.1 Å². The predicted octanol–water partition coefficient (Wildman–Crippen LogP) is 1.64. The molecule has 0 aliphatic carbocycles. The molecule has 4 rings (SSSR count). The lowest BCUT2D eigenvalue weighted by Crippen LogP contribution is -2.58. The van der Waals surface area contributed by atoms with E-state index in [0.717, 1.165) is 32.6 Å².